The molecule has 0 aliphatic rings. The third-order valence-corrected chi connectivity index (χ3v) is 1.99. The Kier molecular flexibility index (Phi) is 3.47. The van der Waals surface area contributed by atoms with E-state index in [1.807, 2.05) is 18.2 Å². The lowest BCUT2D eigenvalue weighted by atomic mass is 10.0. The van der Waals surface area contributed by atoms with Crippen LogP contribution in [-0.2, 0) is 6.54 Å². The van der Waals surface area contributed by atoms with E-state index in [1.54, 1.807) is 6.08 Å². The van der Waals surface area contributed by atoms with Crippen molar-refractivity contribution in [2.24, 2.45) is 5.73 Å². The fraction of sp³-hybridized carbons (Fsp3) is 0.167. The van der Waals surface area contributed by atoms with Gasteiger partial charge in [0.05, 0.1) is 0 Å². The summed E-state index contributed by atoms with van der Waals surface area (Å²) in [7, 11) is 0. The molecule has 1 rings (SSSR count). The average molecular weight is 173 g/mol. The van der Waals surface area contributed by atoms with Gasteiger partial charge in [-0.25, -0.2) is 0 Å². The summed E-state index contributed by atoms with van der Waals surface area (Å²) >= 11 is 0. The monoisotopic (exact) mass is 173 g/mol. The normalized spacial score (nSPS) is 11.4. The molecule has 0 atom stereocenters. The van der Waals surface area contributed by atoms with E-state index in [1.165, 1.54) is 11.1 Å². The zero-order valence-electron chi connectivity index (χ0n) is 7.96. The molecule has 0 aliphatic carbocycles. The summed E-state index contributed by atoms with van der Waals surface area (Å²) in [5.74, 6) is 0. The second-order valence-corrected chi connectivity index (χ2v) is 2.99. The molecule has 0 amide bonds. The minimum absolute atomic E-state index is 0.592. The summed E-state index contributed by atoms with van der Waals surface area (Å²) in [6.45, 7) is 6.33. The van der Waals surface area contributed by atoms with Crippen LogP contribution in [-0.4, -0.2) is 0 Å². The largest absolute Gasteiger partial charge is 0.326 e. The molecule has 0 spiro atoms. The highest BCUT2D eigenvalue weighted by Gasteiger charge is 1.95. The van der Waals surface area contributed by atoms with Gasteiger partial charge in [0.1, 0.15) is 0 Å². The quantitative estimate of drug-likeness (QED) is 0.699. The van der Waals surface area contributed by atoms with Crippen LogP contribution in [0.25, 0.3) is 5.57 Å². The van der Waals surface area contributed by atoms with E-state index in [2.05, 4.69) is 25.6 Å². The molecule has 0 fully saturated rings. The van der Waals surface area contributed by atoms with E-state index in [-0.39, 0.29) is 0 Å². The summed E-state index contributed by atoms with van der Waals surface area (Å²) < 4.78 is 0. The maximum atomic E-state index is 5.55. The van der Waals surface area contributed by atoms with Crippen molar-refractivity contribution in [2.75, 3.05) is 0 Å². The molecule has 0 aliphatic heterocycles. The summed E-state index contributed by atoms with van der Waals surface area (Å²) in [4.78, 5) is 0. The van der Waals surface area contributed by atoms with Gasteiger partial charge in [-0.15, -0.1) is 0 Å². The van der Waals surface area contributed by atoms with Crippen LogP contribution in [0.1, 0.15) is 18.1 Å². The molecule has 13 heavy (non-hydrogen) atoms. The van der Waals surface area contributed by atoms with Gasteiger partial charge in [-0.1, -0.05) is 43.0 Å². The lowest BCUT2D eigenvalue weighted by Gasteiger charge is -2.02. The molecule has 1 nitrogen and oxygen atoms in total. The molecule has 0 saturated heterocycles. The molecule has 0 radical (unpaired) electrons. The molecular formula is C12H15N. The fourth-order valence-electron chi connectivity index (χ4n) is 1.22. The van der Waals surface area contributed by atoms with E-state index in [0.717, 1.165) is 5.56 Å². The summed E-state index contributed by atoms with van der Waals surface area (Å²) in [6, 6.07) is 8.24. The predicted octanol–water partition coefficient (Wildman–Crippen LogP) is 2.73. The lowest BCUT2D eigenvalue weighted by molar-refractivity contribution is 1.07. The Labute approximate surface area is 79.6 Å². The molecule has 0 saturated carbocycles. The fourth-order valence-corrected chi connectivity index (χ4v) is 1.22. The van der Waals surface area contributed by atoms with Gasteiger partial charge in [0, 0.05) is 6.54 Å². The second kappa shape index (κ2) is 4.63. The zero-order valence-corrected chi connectivity index (χ0v) is 7.96. The van der Waals surface area contributed by atoms with E-state index >= 15 is 0 Å². The van der Waals surface area contributed by atoms with Crippen LogP contribution in [0.2, 0.25) is 0 Å². The molecule has 0 bridgehead atoms. The van der Waals surface area contributed by atoms with Crippen molar-refractivity contribution in [3.8, 4) is 0 Å². The number of allylic oxidation sites excluding steroid dienone is 3. The number of hydrogen-bond acceptors (Lipinski definition) is 1. The topological polar surface area (TPSA) is 26.0 Å². The van der Waals surface area contributed by atoms with Crippen molar-refractivity contribution in [1.29, 1.82) is 0 Å². The van der Waals surface area contributed by atoms with Crippen molar-refractivity contribution in [3.05, 3.63) is 54.1 Å². The Morgan fingerprint density at radius 2 is 2.31 bits per heavy atom. The number of rotatable bonds is 3. The average Bonchev–Trinajstić information content (AvgIpc) is 2.18. The van der Waals surface area contributed by atoms with Gasteiger partial charge in [-0.05, 0) is 23.6 Å². The Balaban J connectivity index is 3.01. The highest BCUT2D eigenvalue weighted by Crippen LogP contribution is 2.14. The maximum Gasteiger partial charge on any atom is 0.0178 e. The van der Waals surface area contributed by atoms with Gasteiger partial charge in [-0.2, -0.15) is 0 Å². The molecule has 68 valence electrons. The van der Waals surface area contributed by atoms with E-state index in [9.17, 15) is 0 Å². The van der Waals surface area contributed by atoms with E-state index < -0.39 is 0 Å². The number of hydrogen-bond donors (Lipinski definition) is 1. The standard InChI is InChI=1S/C12H15N/c1-3-5-10(2)12-7-4-6-11(8-12)9-13/h3-8H,1,9,13H2,2H3/b10-5+. The predicted molar refractivity (Wildman–Crippen MR) is 58.2 cm³/mol. The van der Waals surface area contributed by atoms with E-state index in [0.29, 0.717) is 6.54 Å². The Hall–Kier alpha value is -1.34. The maximum absolute atomic E-state index is 5.55. The van der Waals surface area contributed by atoms with Crippen molar-refractivity contribution >= 4 is 5.57 Å². The van der Waals surface area contributed by atoms with Gasteiger partial charge >= 0.3 is 0 Å². The SMILES string of the molecule is C=C/C=C(\C)c1cccc(CN)c1. The van der Waals surface area contributed by atoms with Crippen molar-refractivity contribution < 1.29 is 0 Å². The van der Waals surface area contributed by atoms with Gasteiger partial charge < -0.3 is 5.73 Å². The molecule has 0 unspecified atom stereocenters. The first-order valence-corrected chi connectivity index (χ1v) is 4.36. The first kappa shape index (κ1) is 9.75. The highest BCUT2D eigenvalue weighted by atomic mass is 14.5. The van der Waals surface area contributed by atoms with Crippen LogP contribution in [0, 0.1) is 0 Å². The minimum Gasteiger partial charge on any atom is -0.326 e. The first-order valence-electron chi connectivity index (χ1n) is 4.36. The van der Waals surface area contributed by atoms with Crippen molar-refractivity contribution in [1.82, 2.24) is 0 Å². The van der Waals surface area contributed by atoms with Crippen LogP contribution in [0.5, 0.6) is 0 Å². The summed E-state index contributed by atoms with van der Waals surface area (Å²) in [6.07, 6.45) is 3.79. The van der Waals surface area contributed by atoms with Crippen LogP contribution in [0.4, 0.5) is 0 Å². The van der Waals surface area contributed by atoms with Crippen LogP contribution in [0.15, 0.2) is 43.0 Å². The van der Waals surface area contributed by atoms with Crippen molar-refractivity contribution in [3.63, 3.8) is 0 Å². The van der Waals surface area contributed by atoms with Gasteiger partial charge in [0.2, 0.25) is 0 Å². The Bertz CT molecular complexity index is 324. The van der Waals surface area contributed by atoms with Crippen molar-refractivity contribution in [2.45, 2.75) is 13.5 Å². The highest BCUT2D eigenvalue weighted by molar-refractivity contribution is 5.65. The first-order chi connectivity index (χ1) is 6.27. The van der Waals surface area contributed by atoms with Gasteiger partial charge in [0.15, 0.2) is 0 Å². The summed E-state index contributed by atoms with van der Waals surface area (Å²) in [5.41, 5.74) is 9.14. The molecule has 1 aromatic rings. The van der Waals surface area contributed by atoms with Gasteiger partial charge in [-0.3, -0.25) is 0 Å². The molecule has 0 aromatic heterocycles. The van der Waals surface area contributed by atoms with Gasteiger partial charge in [0.25, 0.3) is 0 Å². The summed E-state index contributed by atoms with van der Waals surface area (Å²) in [5, 5.41) is 0. The third kappa shape index (κ3) is 2.56. The van der Waals surface area contributed by atoms with E-state index in [4.69, 9.17) is 5.73 Å². The Morgan fingerprint density at radius 3 is 2.92 bits per heavy atom. The number of nitrogens with two attached hydrogens (primary N) is 1. The smallest absolute Gasteiger partial charge is 0.0178 e. The molecule has 1 aromatic carbocycles. The zero-order chi connectivity index (χ0) is 9.68. The minimum atomic E-state index is 0.592. The second-order valence-electron chi connectivity index (χ2n) is 2.99. The third-order valence-electron chi connectivity index (χ3n) is 1.99. The lowest BCUT2D eigenvalue weighted by Crippen LogP contribution is -1.96. The molecule has 2 N–H and O–H groups in total. The number of benzene rings is 1. The van der Waals surface area contributed by atoms with Crippen LogP contribution in [0.3, 0.4) is 0 Å². The molecule has 1 heteroatoms. The molecule has 0 heterocycles. The van der Waals surface area contributed by atoms with Crippen LogP contribution < -0.4 is 5.73 Å². The van der Waals surface area contributed by atoms with Crippen LogP contribution >= 0.6 is 0 Å². The molecular weight excluding hydrogens is 158 g/mol. The Morgan fingerprint density at radius 1 is 1.54 bits per heavy atom.